The maximum Gasteiger partial charge on any atom is 0.300 e. The van der Waals surface area contributed by atoms with Gasteiger partial charge >= 0.3 is 0 Å². The Hall–Kier alpha value is -3.57. The van der Waals surface area contributed by atoms with Crippen LogP contribution < -0.4 is 9.64 Å². The molecule has 3 aromatic rings. The van der Waals surface area contributed by atoms with E-state index in [2.05, 4.69) is 0 Å². The first-order valence-corrected chi connectivity index (χ1v) is 9.65. The highest BCUT2D eigenvalue weighted by molar-refractivity contribution is 6.51. The Bertz CT molecular complexity index is 1140. The highest BCUT2D eigenvalue weighted by Gasteiger charge is 2.47. The van der Waals surface area contributed by atoms with Crippen LogP contribution in [0.25, 0.3) is 5.76 Å². The van der Waals surface area contributed by atoms with Gasteiger partial charge in [0.2, 0.25) is 0 Å². The summed E-state index contributed by atoms with van der Waals surface area (Å²) in [5.41, 5.74) is 1.61. The van der Waals surface area contributed by atoms with Crippen LogP contribution in [0.5, 0.6) is 5.75 Å². The third-order valence-electron chi connectivity index (χ3n) is 5.01. The van der Waals surface area contributed by atoms with E-state index < -0.39 is 17.7 Å². The van der Waals surface area contributed by atoms with Gasteiger partial charge in [-0.2, -0.15) is 0 Å². The minimum atomic E-state index is -0.811. The van der Waals surface area contributed by atoms with Gasteiger partial charge in [0, 0.05) is 16.3 Å². The second-order valence-corrected chi connectivity index (χ2v) is 7.22. The van der Waals surface area contributed by atoms with Crippen LogP contribution in [0, 0.1) is 0 Å². The highest BCUT2D eigenvalue weighted by atomic mass is 35.5. The zero-order chi connectivity index (χ0) is 21.3. The summed E-state index contributed by atoms with van der Waals surface area (Å²) in [4.78, 5) is 27.4. The van der Waals surface area contributed by atoms with Gasteiger partial charge in [0.05, 0.1) is 18.7 Å². The van der Waals surface area contributed by atoms with E-state index >= 15 is 0 Å². The maximum atomic E-state index is 13.0. The average molecular weight is 420 g/mol. The first kappa shape index (κ1) is 19.7. The maximum absolute atomic E-state index is 13.0. The van der Waals surface area contributed by atoms with Crippen LogP contribution in [0.1, 0.15) is 17.2 Å². The van der Waals surface area contributed by atoms with Crippen LogP contribution in [0.2, 0.25) is 5.02 Å². The largest absolute Gasteiger partial charge is 0.507 e. The topological polar surface area (TPSA) is 66.8 Å². The number of benzene rings is 3. The molecular weight excluding hydrogens is 402 g/mol. The fourth-order valence-electron chi connectivity index (χ4n) is 3.58. The van der Waals surface area contributed by atoms with Crippen molar-refractivity contribution in [1.29, 1.82) is 0 Å². The van der Waals surface area contributed by atoms with Crippen LogP contribution in [0.4, 0.5) is 5.69 Å². The average Bonchev–Trinajstić information content (AvgIpc) is 3.04. The lowest BCUT2D eigenvalue weighted by atomic mass is 9.95. The van der Waals surface area contributed by atoms with E-state index in [9.17, 15) is 14.7 Å². The molecule has 1 amide bonds. The molecule has 30 heavy (non-hydrogen) atoms. The van der Waals surface area contributed by atoms with Gasteiger partial charge in [-0.1, -0.05) is 60.1 Å². The SMILES string of the molecule is COc1ccc([C@@H]2/C(=C(\O)c3ccccc3)C(=O)C(=O)N2c2cccc(Cl)c2)cc1. The predicted octanol–water partition coefficient (Wildman–Crippen LogP) is 4.97. The van der Waals surface area contributed by atoms with E-state index in [1.807, 2.05) is 6.07 Å². The summed E-state index contributed by atoms with van der Waals surface area (Å²) < 4.78 is 5.22. The molecule has 0 bridgehead atoms. The minimum absolute atomic E-state index is 0.0244. The zero-order valence-electron chi connectivity index (χ0n) is 16.1. The van der Waals surface area contributed by atoms with Crippen molar-refractivity contribution in [2.24, 2.45) is 0 Å². The summed E-state index contributed by atoms with van der Waals surface area (Å²) in [7, 11) is 1.56. The smallest absolute Gasteiger partial charge is 0.300 e. The molecule has 0 aliphatic carbocycles. The minimum Gasteiger partial charge on any atom is -0.507 e. The molecule has 1 fully saturated rings. The number of halogens is 1. The monoisotopic (exact) mass is 419 g/mol. The van der Waals surface area contributed by atoms with Crippen LogP contribution >= 0.6 is 11.6 Å². The number of aliphatic hydroxyl groups is 1. The molecule has 0 unspecified atom stereocenters. The third kappa shape index (κ3) is 3.44. The molecule has 0 saturated carbocycles. The van der Waals surface area contributed by atoms with Crippen molar-refractivity contribution in [1.82, 2.24) is 0 Å². The molecule has 6 heteroatoms. The number of hydrogen-bond acceptors (Lipinski definition) is 4. The molecule has 1 aliphatic heterocycles. The number of amides is 1. The standard InChI is InChI=1S/C24H18ClNO4/c1-30-19-12-10-15(11-13-19)21-20(22(27)16-6-3-2-4-7-16)23(28)24(29)26(21)18-9-5-8-17(25)14-18/h2-14,21,27H,1H3/b22-20+/t21-/m1/s1. The lowest BCUT2D eigenvalue weighted by molar-refractivity contribution is -0.132. The number of carbonyl (C=O) groups excluding carboxylic acids is 2. The Morgan fingerprint density at radius 2 is 1.67 bits per heavy atom. The van der Waals surface area contributed by atoms with E-state index in [1.165, 1.54) is 4.90 Å². The van der Waals surface area contributed by atoms with Crippen molar-refractivity contribution in [3.05, 3.63) is 101 Å². The molecule has 5 nitrogen and oxygen atoms in total. The van der Waals surface area contributed by atoms with Crippen LogP contribution in [-0.2, 0) is 9.59 Å². The van der Waals surface area contributed by atoms with Gasteiger partial charge < -0.3 is 9.84 Å². The summed E-state index contributed by atoms with van der Waals surface area (Å²) in [5.74, 6) is -1.06. The fourth-order valence-corrected chi connectivity index (χ4v) is 3.76. The first-order valence-electron chi connectivity index (χ1n) is 9.27. The number of ether oxygens (including phenoxy) is 1. The van der Waals surface area contributed by atoms with Gasteiger partial charge in [-0.25, -0.2) is 0 Å². The van der Waals surface area contributed by atoms with Crippen molar-refractivity contribution in [2.45, 2.75) is 6.04 Å². The molecule has 0 spiro atoms. The lowest BCUT2D eigenvalue weighted by Gasteiger charge is -2.25. The molecule has 1 saturated heterocycles. The molecule has 4 rings (SSSR count). The summed E-state index contributed by atoms with van der Waals surface area (Å²) in [6.07, 6.45) is 0. The van der Waals surface area contributed by atoms with Crippen LogP contribution in [0.15, 0.2) is 84.4 Å². The Labute approximate surface area is 178 Å². The molecular formula is C24H18ClNO4. The van der Waals surface area contributed by atoms with E-state index in [4.69, 9.17) is 16.3 Å². The lowest BCUT2D eigenvalue weighted by Crippen LogP contribution is -2.29. The number of aliphatic hydroxyl groups excluding tert-OH is 1. The van der Waals surface area contributed by atoms with Gasteiger partial charge in [-0.05, 0) is 35.9 Å². The molecule has 1 atom stereocenters. The van der Waals surface area contributed by atoms with Crippen molar-refractivity contribution < 1.29 is 19.4 Å². The third-order valence-corrected chi connectivity index (χ3v) is 5.24. The summed E-state index contributed by atoms with van der Waals surface area (Å²) >= 11 is 6.13. The molecule has 0 aromatic heterocycles. The Morgan fingerprint density at radius 3 is 2.30 bits per heavy atom. The Morgan fingerprint density at radius 1 is 0.967 bits per heavy atom. The Balaban J connectivity index is 1.94. The molecule has 1 N–H and O–H groups in total. The predicted molar refractivity (Wildman–Crippen MR) is 116 cm³/mol. The summed E-state index contributed by atoms with van der Waals surface area (Å²) in [6, 6.07) is 21.6. The van der Waals surface area contributed by atoms with Gasteiger partial charge in [0.15, 0.2) is 0 Å². The number of ketones is 1. The van der Waals surface area contributed by atoms with Crippen molar-refractivity contribution in [3.8, 4) is 5.75 Å². The van der Waals surface area contributed by atoms with Gasteiger partial charge in [0.1, 0.15) is 11.5 Å². The quantitative estimate of drug-likeness (QED) is 0.368. The van der Waals surface area contributed by atoms with Crippen molar-refractivity contribution >= 4 is 34.7 Å². The van der Waals surface area contributed by atoms with Crippen molar-refractivity contribution in [3.63, 3.8) is 0 Å². The van der Waals surface area contributed by atoms with E-state index in [-0.39, 0.29) is 11.3 Å². The molecule has 1 aliphatic rings. The van der Waals surface area contributed by atoms with Crippen LogP contribution in [0.3, 0.4) is 0 Å². The van der Waals surface area contributed by atoms with Crippen molar-refractivity contribution in [2.75, 3.05) is 12.0 Å². The number of rotatable bonds is 4. The van der Waals surface area contributed by atoms with E-state index in [0.29, 0.717) is 27.6 Å². The summed E-state index contributed by atoms with van der Waals surface area (Å²) in [6.45, 7) is 0. The first-order chi connectivity index (χ1) is 14.5. The van der Waals surface area contributed by atoms with E-state index in [1.54, 1.807) is 79.9 Å². The molecule has 0 radical (unpaired) electrons. The number of hydrogen-bond donors (Lipinski definition) is 1. The number of carbonyl (C=O) groups is 2. The van der Waals surface area contributed by atoms with Crippen LogP contribution in [-0.4, -0.2) is 23.9 Å². The summed E-state index contributed by atoms with van der Waals surface area (Å²) in [5, 5.41) is 11.4. The number of Topliss-reactive ketones (excluding diaryl/α,β-unsaturated/α-hetero) is 1. The highest BCUT2D eigenvalue weighted by Crippen LogP contribution is 2.42. The number of nitrogens with zero attached hydrogens (tertiary/aromatic N) is 1. The molecule has 1 heterocycles. The van der Waals surface area contributed by atoms with E-state index in [0.717, 1.165) is 0 Å². The number of anilines is 1. The normalized spacial score (nSPS) is 17.9. The van der Waals surface area contributed by atoms with Gasteiger partial charge in [-0.3, -0.25) is 14.5 Å². The molecule has 3 aromatic carbocycles. The second-order valence-electron chi connectivity index (χ2n) is 6.79. The Kier molecular flexibility index (Phi) is 5.29. The fraction of sp³-hybridized carbons (Fsp3) is 0.0833. The van der Waals surface area contributed by atoms with Gasteiger partial charge in [0.25, 0.3) is 11.7 Å². The number of methoxy groups -OCH3 is 1. The molecule has 150 valence electrons. The van der Waals surface area contributed by atoms with Gasteiger partial charge in [-0.15, -0.1) is 0 Å². The second kappa shape index (κ2) is 8.05. The zero-order valence-corrected chi connectivity index (χ0v) is 16.8.